The van der Waals surface area contributed by atoms with E-state index < -0.39 is 23.2 Å². The first-order valence-electron chi connectivity index (χ1n) is 4.93. The van der Waals surface area contributed by atoms with Gasteiger partial charge in [0.25, 0.3) is 0 Å². The minimum atomic E-state index is -1.40. The van der Waals surface area contributed by atoms with Crippen LogP contribution in [0.4, 0.5) is 4.39 Å². The lowest BCUT2D eigenvalue weighted by Gasteiger charge is -2.23. The van der Waals surface area contributed by atoms with E-state index in [1.54, 1.807) is 0 Å². The number of carbonyl (C=O) groups excluding carboxylic acids is 2. The highest BCUT2D eigenvalue weighted by Gasteiger charge is 2.33. The summed E-state index contributed by atoms with van der Waals surface area (Å²) in [5.41, 5.74) is -1.55. The Labute approximate surface area is 104 Å². The van der Waals surface area contributed by atoms with Gasteiger partial charge in [-0.25, -0.2) is 4.39 Å². The van der Waals surface area contributed by atoms with Crippen molar-refractivity contribution in [3.05, 3.63) is 34.6 Å². The number of benzene rings is 1. The highest BCUT2D eigenvalue weighted by atomic mass is 35.5. The third kappa shape index (κ3) is 3.27. The lowest BCUT2D eigenvalue weighted by Crippen LogP contribution is -2.37. The van der Waals surface area contributed by atoms with Crippen LogP contribution in [0.15, 0.2) is 18.2 Å². The van der Waals surface area contributed by atoms with Gasteiger partial charge in [0.2, 0.25) is 5.78 Å². The van der Waals surface area contributed by atoms with Crippen LogP contribution < -0.4 is 0 Å². The van der Waals surface area contributed by atoms with Crippen molar-refractivity contribution in [1.29, 1.82) is 0 Å². The Balaban J connectivity index is 3.07. The molecule has 0 bridgehead atoms. The molecule has 1 rings (SSSR count). The van der Waals surface area contributed by atoms with Gasteiger partial charge in [-0.1, -0.05) is 11.6 Å². The van der Waals surface area contributed by atoms with Crippen molar-refractivity contribution >= 4 is 23.4 Å². The first-order chi connectivity index (χ1) is 7.74. The molecule has 0 aliphatic heterocycles. The molecule has 0 fully saturated rings. The van der Waals surface area contributed by atoms with E-state index in [-0.39, 0.29) is 10.6 Å². The number of halogens is 2. The molecule has 1 aromatic carbocycles. The molecule has 0 radical (unpaired) electrons. The van der Waals surface area contributed by atoms with E-state index in [0.717, 1.165) is 6.07 Å². The molecule has 5 heteroatoms. The maximum Gasteiger partial charge on any atom is 0.303 e. The average molecular weight is 259 g/mol. The van der Waals surface area contributed by atoms with Crippen molar-refractivity contribution in [2.24, 2.45) is 0 Å². The summed E-state index contributed by atoms with van der Waals surface area (Å²) in [5, 5.41) is 0.198. The Hall–Kier alpha value is -1.42. The van der Waals surface area contributed by atoms with E-state index in [1.807, 2.05) is 0 Å². The number of hydrogen-bond acceptors (Lipinski definition) is 3. The fourth-order valence-electron chi connectivity index (χ4n) is 1.40. The molecule has 0 heterocycles. The van der Waals surface area contributed by atoms with Gasteiger partial charge in [0.15, 0.2) is 5.60 Å². The zero-order valence-corrected chi connectivity index (χ0v) is 10.5. The summed E-state index contributed by atoms with van der Waals surface area (Å²) in [5.74, 6) is -1.94. The fraction of sp³-hybridized carbons (Fsp3) is 0.333. The van der Waals surface area contributed by atoms with Gasteiger partial charge in [0, 0.05) is 11.9 Å². The zero-order valence-electron chi connectivity index (χ0n) is 9.71. The Morgan fingerprint density at radius 2 is 1.94 bits per heavy atom. The normalized spacial score (nSPS) is 11.1. The van der Waals surface area contributed by atoms with Gasteiger partial charge < -0.3 is 4.74 Å². The topological polar surface area (TPSA) is 43.4 Å². The lowest BCUT2D eigenvalue weighted by atomic mass is 9.96. The molecule has 0 saturated heterocycles. The van der Waals surface area contributed by atoms with Crippen LogP contribution in [0, 0.1) is 5.82 Å². The average Bonchev–Trinajstić information content (AvgIpc) is 2.14. The van der Waals surface area contributed by atoms with Crippen molar-refractivity contribution in [3.63, 3.8) is 0 Å². The summed E-state index contributed by atoms with van der Waals surface area (Å²) in [7, 11) is 0. The van der Waals surface area contributed by atoms with Crippen LogP contribution in [0.1, 0.15) is 31.1 Å². The number of hydrogen-bond donors (Lipinski definition) is 0. The number of ketones is 1. The van der Waals surface area contributed by atoms with Gasteiger partial charge in [0.05, 0.1) is 5.56 Å². The highest BCUT2D eigenvalue weighted by molar-refractivity contribution is 6.30. The van der Waals surface area contributed by atoms with Crippen LogP contribution in [0.25, 0.3) is 0 Å². The summed E-state index contributed by atoms with van der Waals surface area (Å²) in [6, 6.07) is 3.71. The smallest absolute Gasteiger partial charge is 0.303 e. The Bertz CT molecular complexity index is 469. The van der Waals surface area contributed by atoms with Gasteiger partial charge in [-0.05, 0) is 32.0 Å². The molecule has 0 aliphatic rings. The van der Waals surface area contributed by atoms with Gasteiger partial charge >= 0.3 is 5.97 Å². The molecule has 0 unspecified atom stereocenters. The van der Waals surface area contributed by atoms with E-state index in [1.165, 1.54) is 32.9 Å². The molecule has 92 valence electrons. The third-order valence-electron chi connectivity index (χ3n) is 2.12. The van der Waals surface area contributed by atoms with Crippen LogP contribution >= 0.6 is 11.6 Å². The van der Waals surface area contributed by atoms with Gasteiger partial charge in [-0.2, -0.15) is 0 Å². The van der Waals surface area contributed by atoms with E-state index in [9.17, 15) is 14.0 Å². The first kappa shape index (κ1) is 13.6. The maximum absolute atomic E-state index is 13.5. The van der Waals surface area contributed by atoms with E-state index in [4.69, 9.17) is 16.3 Å². The summed E-state index contributed by atoms with van der Waals surface area (Å²) >= 11 is 5.58. The van der Waals surface area contributed by atoms with Gasteiger partial charge in [-0.3, -0.25) is 9.59 Å². The molecule has 0 atom stereocenters. The fourth-order valence-corrected chi connectivity index (χ4v) is 1.56. The number of carbonyl (C=O) groups is 2. The van der Waals surface area contributed by atoms with Crippen LogP contribution in [-0.2, 0) is 9.53 Å². The summed E-state index contributed by atoms with van der Waals surface area (Å²) in [4.78, 5) is 22.8. The van der Waals surface area contributed by atoms with Crippen molar-refractivity contribution in [2.75, 3.05) is 0 Å². The second-order valence-electron chi connectivity index (χ2n) is 4.06. The second kappa shape index (κ2) is 4.84. The molecule has 1 aromatic rings. The highest BCUT2D eigenvalue weighted by Crippen LogP contribution is 2.22. The molecule has 0 saturated carbocycles. The van der Waals surface area contributed by atoms with Crippen LogP contribution in [0.3, 0.4) is 0 Å². The van der Waals surface area contributed by atoms with Crippen LogP contribution in [0.2, 0.25) is 5.02 Å². The molecule has 0 aromatic heterocycles. The first-order valence-corrected chi connectivity index (χ1v) is 5.31. The van der Waals surface area contributed by atoms with Crippen molar-refractivity contribution in [2.45, 2.75) is 26.4 Å². The van der Waals surface area contributed by atoms with E-state index in [2.05, 4.69) is 0 Å². The quantitative estimate of drug-likeness (QED) is 0.618. The van der Waals surface area contributed by atoms with Crippen molar-refractivity contribution in [1.82, 2.24) is 0 Å². The molecule has 0 N–H and O–H groups in total. The number of rotatable bonds is 3. The Morgan fingerprint density at radius 1 is 1.35 bits per heavy atom. The Kier molecular flexibility index (Phi) is 3.88. The van der Waals surface area contributed by atoms with Gasteiger partial charge in [-0.15, -0.1) is 0 Å². The zero-order chi connectivity index (χ0) is 13.2. The number of Topliss-reactive ketones (excluding diaryl/α,β-unsaturated/α-hetero) is 1. The predicted octanol–water partition coefficient (Wildman–Crippen LogP) is 3.00. The molecular weight excluding hydrogens is 247 g/mol. The molecule has 0 spiro atoms. The van der Waals surface area contributed by atoms with Crippen molar-refractivity contribution in [3.8, 4) is 0 Å². The third-order valence-corrected chi connectivity index (χ3v) is 2.36. The standard InChI is InChI=1S/C12H12ClFO3/c1-7(15)17-12(2,3)11(16)9-5-4-8(13)6-10(9)14/h4-6H,1-3H3. The second-order valence-corrected chi connectivity index (χ2v) is 4.49. The molecular formula is C12H12ClFO3. The van der Waals surface area contributed by atoms with Crippen molar-refractivity contribution < 1.29 is 18.7 Å². The summed E-state index contributed by atoms with van der Waals surface area (Å²) in [6.07, 6.45) is 0. The maximum atomic E-state index is 13.5. The summed E-state index contributed by atoms with van der Waals surface area (Å²) in [6.45, 7) is 4.00. The molecule has 0 aliphatic carbocycles. The molecule has 17 heavy (non-hydrogen) atoms. The molecule has 3 nitrogen and oxygen atoms in total. The minimum Gasteiger partial charge on any atom is -0.451 e. The SMILES string of the molecule is CC(=O)OC(C)(C)C(=O)c1ccc(Cl)cc1F. The van der Waals surface area contributed by atoms with Crippen LogP contribution in [0.5, 0.6) is 0 Å². The number of ether oxygens (including phenoxy) is 1. The van der Waals surface area contributed by atoms with E-state index in [0.29, 0.717) is 0 Å². The number of esters is 1. The Morgan fingerprint density at radius 3 is 2.41 bits per heavy atom. The summed E-state index contributed by atoms with van der Waals surface area (Å²) < 4.78 is 18.4. The van der Waals surface area contributed by atoms with Gasteiger partial charge in [0.1, 0.15) is 5.82 Å². The molecule has 0 amide bonds. The predicted molar refractivity (Wildman–Crippen MR) is 61.6 cm³/mol. The van der Waals surface area contributed by atoms with Crippen LogP contribution in [-0.4, -0.2) is 17.4 Å². The van der Waals surface area contributed by atoms with E-state index >= 15 is 0 Å². The largest absolute Gasteiger partial charge is 0.451 e. The monoisotopic (exact) mass is 258 g/mol. The minimum absolute atomic E-state index is 0.152. The lowest BCUT2D eigenvalue weighted by molar-refractivity contribution is -0.149.